The SMILES string of the molecule is C=C(Br)COc1ccc(/C=C/C(=O)O)cc1F. The quantitative estimate of drug-likeness (QED) is 0.849. The second kappa shape index (κ2) is 6.20. The van der Waals surface area contributed by atoms with E-state index in [1.807, 2.05) is 0 Å². The normalized spacial score (nSPS) is 10.5. The Morgan fingerprint density at radius 3 is 2.82 bits per heavy atom. The summed E-state index contributed by atoms with van der Waals surface area (Å²) in [6, 6.07) is 4.20. The molecule has 1 rings (SSSR count). The highest BCUT2D eigenvalue weighted by Gasteiger charge is 2.04. The molecule has 90 valence electrons. The first-order valence-corrected chi connectivity index (χ1v) is 5.45. The van der Waals surface area contributed by atoms with E-state index >= 15 is 0 Å². The van der Waals surface area contributed by atoms with E-state index in [0.29, 0.717) is 10.0 Å². The molecular formula is C12H10BrFO3. The van der Waals surface area contributed by atoms with E-state index in [4.69, 9.17) is 9.84 Å². The lowest BCUT2D eigenvalue weighted by molar-refractivity contribution is -0.131. The third-order valence-corrected chi connectivity index (χ3v) is 1.99. The molecule has 3 nitrogen and oxygen atoms in total. The summed E-state index contributed by atoms with van der Waals surface area (Å²) >= 11 is 3.09. The summed E-state index contributed by atoms with van der Waals surface area (Å²) in [5.74, 6) is -1.54. The smallest absolute Gasteiger partial charge is 0.328 e. The molecule has 0 aliphatic heterocycles. The second-order valence-electron chi connectivity index (χ2n) is 3.17. The van der Waals surface area contributed by atoms with Crippen LogP contribution in [-0.4, -0.2) is 17.7 Å². The fourth-order valence-electron chi connectivity index (χ4n) is 1.06. The second-order valence-corrected chi connectivity index (χ2v) is 4.29. The van der Waals surface area contributed by atoms with Crippen LogP contribution >= 0.6 is 15.9 Å². The molecule has 0 bridgehead atoms. The molecule has 0 heterocycles. The zero-order valence-electron chi connectivity index (χ0n) is 8.82. The topological polar surface area (TPSA) is 46.5 Å². The van der Waals surface area contributed by atoms with Crippen LogP contribution < -0.4 is 4.74 Å². The Morgan fingerprint density at radius 2 is 2.29 bits per heavy atom. The van der Waals surface area contributed by atoms with Gasteiger partial charge in [0.25, 0.3) is 0 Å². The zero-order valence-corrected chi connectivity index (χ0v) is 10.4. The molecule has 0 saturated carbocycles. The molecule has 0 unspecified atom stereocenters. The third kappa shape index (κ3) is 4.82. The summed E-state index contributed by atoms with van der Waals surface area (Å²) < 4.78 is 19.2. The van der Waals surface area contributed by atoms with E-state index in [1.165, 1.54) is 18.2 Å². The van der Waals surface area contributed by atoms with Crippen LogP contribution in [0.2, 0.25) is 0 Å². The molecule has 0 atom stereocenters. The molecule has 17 heavy (non-hydrogen) atoms. The summed E-state index contributed by atoms with van der Waals surface area (Å²) in [5, 5.41) is 8.42. The molecule has 0 amide bonds. The molecule has 0 radical (unpaired) electrons. The monoisotopic (exact) mass is 300 g/mol. The van der Waals surface area contributed by atoms with Gasteiger partial charge in [0.1, 0.15) is 6.61 Å². The zero-order chi connectivity index (χ0) is 12.8. The van der Waals surface area contributed by atoms with Crippen molar-refractivity contribution in [3.05, 3.63) is 46.7 Å². The number of ether oxygens (including phenoxy) is 1. The highest BCUT2D eigenvalue weighted by atomic mass is 79.9. The van der Waals surface area contributed by atoms with Gasteiger partial charge in [0, 0.05) is 10.6 Å². The highest BCUT2D eigenvalue weighted by Crippen LogP contribution is 2.20. The highest BCUT2D eigenvalue weighted by molar-refractivity contribution is 9.11. The number of halogens is 2. The molecule has 1 aromatic rings. The van der Waals surface area contributed by atoms with E-state index in [2.05, 4.69) is 22.5 Å². The van der Waals surface area contributed by atoms with Crippen LogP contribution in [0.3, 0.4) is 0 Å². The standard InChI is InChI=1S/C12H10BrFO3/c1-8(13)7-17-11-4-2-9(6-10(11)14)3-5-12(15)16/h2-6H,1,7H2,(H,15,16)/b5-3+. The maximum absolute atomic E-state index is 13.5. The number of benzene rings is 1. The summed E-state index contributed by atoms with van der Waals surface area (Å²) in [6.45, 7) is 3.73. The Bertz CT molecular complexity index is 469. The number of aliphatic carboxylic acids is 1. The van der Waals surface area contributed by atoms with E-state index in [9.17, 15) is 9.18 Å². The lowest BCUT2D eigenvalue weighted by atomic mass is 10.2. The van der Waals surface area contributed by atoms with E-state index in [0.717, 1.165) is 6.08 Å². The van der Waals surface area contributed by atoms with Crippen LogP contribution in [0, 0.1) is 5.82 Å². The fourth-order valence-corrected chi connectivity index (χ4v) is 1.18. The first-order valence-electron chi connectivity index (χ1n) is 4.65. The molecule has 1 aromatic carbocycles. The lowest BCUT2D eigenvalue weighted by Crippen LogP contribution is -1.98. The Kier molecular flexibility index (Phi) is 4.90. The molecule has 0 aliphatic carbocycles. The van der Waals surface area contributed by atoms with Crippen molar-refractivity contribution in [2.45, 2.75) is 0 Å². The van der Waals surface area contributed by atoms with Gasteiger partial charge in [-0.1, -0.05) is 28.6 Å². The minimum absolute atomic E-state index is 0.0954. The van der Waals surface area contributed by atoms with Crippen molar-refractivity contribution < 1.29 is 19.0 Å². The predicted octanol–water partition coefficient (Wildman–Crippen LogP) is 3.21. The maximum Gasteiger partial charge on any atom is 0.328 e. The van der Waals surface area contributed by atoms with Gasteiger partial charge in [0.2, 0.25) is 0 Å². The molecular weight excluding hydrogens is 291 g/mol. The average Bonchev–Trinajstić information content (AvgIpc) is 2.24. The number of carboxylic acid groups (broad SMARTS) is 1. The van der Waals surface area contributed by atoms with Crippen LogP contribution in [0.5, 0.6) is 5.75 Å². The van der Waals surface area contributed by atoms with Gasteiger partial charge < -0.3 is 9.84 Å². The lowest BCUT2D eigenvalue weighted by Gasteiger charge is -2.06. The van der Waals surface area contributed by atoms with Crippen LogP contribution in [0.15, 0.2) is 35.3 Å². The van der Waals surface area contributed by atoms with Crippen LogP contribution in [-0.2, 0) is 4.79 Å². The van der Waals surface area contributed by atoms with E-state index in [-0.39, 0.29) is 12.4 Å². The van der Waals surface area contributed by atoms with Gasteiger partial charge in [0.05, 0.1) is 0 Å². The van der Waals surface area contributed by atoms with Crippen molar-refractivity contribution in [2.24, 2.45) is 0 Å². The Labute approximate surface area is 106 Å². The maximum atomic E-state index is 13.5. The molecule has 1 N–H and O–H groups in total. The summed E-state index contributed by atoms with van der Waals surface area (Å²) in [4.78, 5) is 10.3. The van der Waals surface area contributed by atoms with Gasteiger partial charge in [-0.05, 0) is 23.8 Å². The third-order valence-electron chi connectivity index (χ3n) is 1.76. The van der Waals surface area contributed by atoms with Gasteiger partial charge in [-0.2, -0.15) is 0 Å². The van der Waals surface area contributed by atoms with Gasteiger partial charge in [-0.25, -0.2) is 9.18 Å². The largest absolute Gasteiger partial charge is 0.485 e. The number of hydrogen-bond acceptors (Lipinski definition) is 2. The van der Waals surface area contributed by atoms with Crippen molar-refractivity contribution in [1.82, 2.24) is 0 Å². The average molecular weight is 301 g/mol. The van der Waals surface area contributed by atoms with E-state index in [1.54, 1.807) is 6.07 Å². The molecule has 5 heteroatoms. The molecule has 0 aromatic heterocycles. The number of carbonyl (C=O) groups is 1. The molecule has 0 spiro atoms. The van der Waals surface area contributed by atoms with Crippen LogP contribution in [0.4, 0.5) is 4.39 Å². The minimum Gasteiger partial charge on any atom is -0.485 e. The number of hydrogen-bond donors (Lipinski definition) is 1. The summed E-state index contributed by atoms with van der Waals surface area (Å²) in [7, 11) is 0. The Morgan fingerprint density at radius 1 is 1.59 bits per heavy atom. The fraction of sp³-hybridized carbons (Fsp3) is 0.0833. The predicted molar refractivity (Wildman–Crippen MR) is 66.6 cm³/mol. The Hall–Kier alpha value is -1.62. The van der Waals surface area contributed by atoms with Crippen molar-refractivity contribution in [2.75, 3.05) is 6.61 Å². The summed E-state index contributed by atoms with van der Waals surface area (Å²) in [6.07, 6.45) is 2.24. The van der Waals surface area contributed by atoms with Crippen molar-refractivity contribution in [1.29, 1.82) is 0 Å². The van der Waals surface area contributed by atoms with Gasteiger partial charge in [-0.15, -0.1) is 0 Å². The van der Waals surface area contributed by atoms with Gasteiger partial charge >= 0.3 is 5.97 Å². The Balaban J connectivity index is 2.79. The van der Waals surface area contributed by atoms with E-state index < -0.39 is 11.8 Å². The van der Waals surface area contributed by atoms with Crippen molar-refractivity contribution in [3.8, 4) is 5.75 Å². The van der Waals surface area contributed by atoms with Crippen molar-refractivity contribution in [3.63, 3.8) is 0 Å². The summed E-state index contributed by atoms with van der Waals surface area (Å²) in [5.41, 5.74) is 0.454. The first-order chi connectivity index (χ1) is 7.99. The van der Waals surface area contributed by atoms with Crippen molar-refractivity contribution >= 4 is 28.0 Å². The van der Waals surface area contributed by atoms with Crippen LogP contribution in [0.1, 0.15) is 5.56 Å². The number of rotatable bonds is 5. The molecule has 0 aliphatic rings. The minimum atomic E-state index is -1.08. The van der Waals surface area contributed by atoms with Gasteiger partial charge in [-0.3, -0.25) is 0 Å². The first kappa shape index (κ1) is 13.4. The molecule has 0 fully saturated rings. The molecule has 0 saturated heterocycles. The number of carboxylic acids is 1. The van der Waals surface area contributed by atoms with Crippen LogP contribution in [0.25, 0.3) is 6.08 Å². The van der Waals surface area contributed by atoms with Gasteiger partial charge in [0.15, 0.2) is 11.6 Å².